The number of anilines is 1. The van der Waals surface area contributed by atoms with Gasteiger partial charge in [-0.05, 0) is 67.4 Å². The van der Waals surface area contributed by atoms with Gasteiger partial charge >= 0.3 is 6.18 Å². The Morgan fingerprint density at radius 2 is 1.81 bits per heavy atom. The molecule has 31 heavy (non-hydrogen) atoms. The lowest BCUT2D eigenvalue weighted by Gasteiger charge is -2.20. The van der Waals surface area contributed by atoms with Crippen molar-refractivity contribution in [2.24, 2.45) is 0 Å². The fourth-order valence-corrected chi connectivity index (χ4v) is 4.45. The van der Waals surface area contributed by atoms with E-state index in [9.17, 15) is 18.0 Å². The quantitative estimate of drug-likeness (QED) is 0.380. The number of thiazole rings is 1. The van der Waals surface area contributed by atoms with Crippen LogP contribution < -0.4 is 4.90 Å². The van der Waals surface area contributed by atoms with Crippen LogP contribution in [0.1, 0.15) is 32.7 Å². The van der Waals surface area contributed by atoms with E-state index in [1.54, 1.807) is 18.3 Å². The van der Waals surface area contributed by atoms with Crippen LogP contribution in [0.25, 0.3) is 10.2 Å². The van der Waals surface area contributed by atoms with Crippen molar-refractivity contribution >= 4 is 32.6 Å². The summed E-state index contributed by atoms with van der Waals surface area (Å²) < 4.78 is 39.7. The highest BCUT2D eigenvalue weighted by Gasteiger charge is 2.31. The summed E-state index contributed by atoms with van der Waals surface area (Å²) in [6.45, 7) is 4.10. The molecule has 2 aromatic carbocycles. The van der Waals surface area contributed by atoms with Gasteiger partial charge in [0.1, 0.15) is 0 Å². The van der Waals surface area contributed by atoms with Crippen molar-refractivity contribution in [3.63, 3.8) is 0 Å². The number of rotatable bonds is 4. The smallest absolute Gasteiger partial charge is 0.278 e. The van der Waals surface area contributed by atoms with Gasteiger partial charge in [0.15, 0.2) is 5.13 Å². The minimum Gasteiger partial charge on any atom is -0.278 e. The predicted molar refractivity (Wildman–Crippen MR) is 115 cm³/mol. The number of fused-ring (bicyclic) bond motifs is 1. The number of hydrogen-bond donors (Lipinski definition) is 0. The van der Waals surface area contributed by atoms with E-state index >= 15 is 0 Å². The Morgan fingerprint density at radius 1 is 1.06 bits per heavy atom. The Kier molecular flexibility index (Phi) is 5.49. The van der Waals surface area contributed by atoms with Crippen LogP contribution in [0.3, 0.4) is 0 Å². The topological polar surface area (TPSA) is 46.1 Å². The van der Waals surface area contributed by atoms with Gasteiger partial charge in [-0.2, -0.15) is 13.2 Å². The number of pyridine rings is 1. The highest BCUT2D eigenvalue weighted by atomic mass is 32.1. The van der Waals surface area contributed by atoms with Crippen molar-refractivity contribution in [2.75, 3.05) is 4.90 Å². The zero-order valence-corrected chi connectivity index (χ0v) is 17.6. The van der Waals surface area contributed by atoms with Gasteiger partial charge in [-0.25, -0.2) is 4.98 Å². The van der Waals surface area contributed by atoms with Gasteiger partial charge in [-0.15, -0.1) is 0 Å². The summed E-state index contributed by atoms with van der Waals surface area (Å²) in [6, 6.07) is 13.6. The van der Waals surface area contributed by atoms with Crippen molar-refractivity contribution < 1.29 is 18.0 Å². The number of nitrogens with zero attached hydrogens (tertiary/aromatic N) is 3. The maximum Gasteiger partial charge on any atom is 0.416 e. The molecule has 0 aliphatic carbocycles. The Balaban J connectivity index is 1.76. The summed E-state index contributed by atoms with van der Waals surface area (Å²) in [5, 5.41) is 0.472. The fourth-order valence-electron chi connectivity index (χ4n) is 3.31. The van der Waals surface area contributed by atoms with Gasteiger partial charge < -0.3 is 0 Å². The van der Waals surface area contributed by atoms with Gasteiger partial charge in [0.2, 0.25) is 0 Å². The highest BCUT2D eigenvalue weighted by Crippen LogP contribution is 2.34. The molecule has 0 unspecified atom stereocenters. The SMILES string of the molecule is Cc1cc(C)c2nc(N(Cc3ccccn3)C(=O)c3ccc(C(F)(F)F)cc3)sc2c1. The lowest BCUT2D eigenvalue weighted by Crippen LogP contribution is -2.30. The van der Waals surface area contributed by atoms with E-state index in [1.807, 2.05) is 32.0 Å². The number of alkyl halides is 3. The lowest BCUT2D eigenvalue weighted by atomic mass is 10.1. The number of carbonyl (C=O) groups is 1. The second kappa shape index (κ2) is 8.11. The summed E-state index contributed by atoms with van der Waals surface area (Å²) in [4.78, 5) is 23.7. The summed E-state index contributed by atoms with van der Waals surface area (Å²) in [5.41, 5.74) is 2.89. The van der Waals surface area contributed by atoms with E-state index in [-0.39, 0.29) is 12.1 Å². The van der Waals surface area contributed by atoms with Crippen molar-refractivity contribution in [1.29, 1.82) is 0 Å². The molecule has 158 valence electrons. The van der Waals surface area contributed by atoms with Crippen LogP contribution >= 0.6 is 11.3 Å². The molecule has 4 nitrogen and oxygen atoms in total. The van der Waals surface area contributed by atoms with E-state index in [2.05, 4.69) is 9.97 Å². The Morgan fingerprint density at radius 3 is 2.45 bits per heavy atom. The summed E-state index contributed by atoms with van der Waals surface area (Å²) in [6.07, 6.45) is -2.83. The van der Waals surface area contributed by atoms with Crippen molar-refractivity contribution in [3.8, 4) is 0 Å². The average Bonchev–Trinajstić information content (AvgIpc) is 3.16. The maximum absolute atomic E-state index is 13.3. The van der Waals surface area contributed by atoms with Gasteiger partial charge in [0.25, 0.3) is 5.91 Å². The molecule has 0 radical (unpaired) electrons. The molecule has 0 N–H and O–H groups in total. The number of benzene rings is 2. The van der Waals surface area contributed by atoms with E-state index in [1.165, 1.54) is 28.4 Å². The molecule has 2 aromatic heterocycles. The van der Waals surface area contributed by atoms with Crippen molar-refractivity contribution in [1.82, 2.24) is 9.97 Å². The first-order chi connectivity index (χ1) is 14.7. The highest BCUT2D eigenvalue weighted by molar-refractivity contribution is 7.22. The molecule has 4 rings (SSSR count). The molecule has 4 aromatic rings. The monoisotopic (exact) mass is 441 g/mol. The third-order valence-electron chi connectivity index (χ3n) is 4.80. The maximum atomic E-state index is 13.3. The molecular weight excluding hydrogens is 423 g/mol. The second-order valence-electron chi connectivity index (χ2n) is 7.21. The number of halogens is 3. The van der Waals surface area contributed by atoms with Crippen LogP contribution in [0.5, 0.6) is 0 Å². The molecule has 0 saturated carbocycles. The van der Waals surface area contributed by atoms with E-state index in [0.717, 1.165) is 33.5 Å². The number of aromatic nitrogens is 2. The second-order valence-corrected chi connectivity index (χ2v) is 8.22. The van der Waals surface area contributed by atoms with Crippen LogP contribution in [0.2, 0.25) is 0 Å². The van der Waals surface area contributed by atoms with Gasteiger partial charge in [0.05, 0.1) is 28.0 Å². The molecule has 0 atom stereocenters. The molecule has 0 saturated heterocycles. The molecule has 1 amide bonds. The number of carbonyl (C=O) groups excluding carboxylic acids is 1. The van der Waals surface area contributed by atoms with Crippen LogP contribution in [-0.4, -0.2) is 15.9 Å². The van der Waals surface area contributed by atoms with E-state index < -0.39 is 17.6 Å². The Labute approximate surface area is 181 Å². The normalized spacial score (nSPS) is 11.6. The summed E-state index contributed by atoms with van der Waals surface area (Å²) in [5.74, 6) is -0.437. The number of amides is 1. The van der Waals surface area contributed by atoms with E-state index in [0.29, 0.717) is 10.8 Å². The largest absolute Gasteiger partial charge is 0.416 e. The van der Waals surface area contributed by atoms with Crippen LogP contribution in [-0.2, 0) is 12.7 Å². The van der Waals surface area contributed by atoms with Gasteiger partial charge in [0, 0.05) is 11.8 Å². The van der Waals surface area contributed by atoms with Crippen LogP contribution in [0.15, 0.2) is 60.8 Å². The molecule has 0 bridgehead atoms. The summed E-state index contributed by atoms with van der Waals surface area (Å²) >= 11 is 1.37. The molecule has 0 fully saturated rings. The minimum atomic E-state index is -4.46. The number of hydrogen-bond acceptors (Lipinski definition) is 4. The average molecular weight is 441 g/mol. The first-order valence-corrected chi connectivity index (χ1v) is 10.3. The molecule has 0 spiro atoms. The van der Waals surface area contributed by atoms with Gasteiger partial charge in [-0.3, -0.25) is 14.7 Å². The first-order valence-electron chi connectivity index (χ1n) is 9.49. The van der Waals surface area contributed by atoms with E-state index in [4.69, 9.17) is 0 Å². The fraction of sp³-hybridized carbons (Fsp3) is 0.174. The van der Waals surface area contributed by atoms with Crippen LogP contribution in [0.4, 0.5) is 18.3 Å². The molecule has 0 aliphatic heterocycles. The Bertz CT molecular complexity index is 1230. The van der Waals surface area contributed by atoms with Crippen LogP contribution in [0, 0.1) is 13.8 Å². The standard InChI is InChI=1S/C23H18F3N3OS/c1-14-11-15(2)20-19(12-14)31-22(28-20)29(13-18-5-3-4-10-27-18)21(30)16-6-8-17(9-7-16)23(24,25)26/h3-12H,13H2,1-2H3. The van der Waals surface area contributed by atoms with Gasteiger partial charge in [-0.1, -0.05) is 23.5 Å². The zero-order chi connectivity index (χ0) is 22.2. The Hall–Kier alpha value is -3.26. The minimum absolute atomic E-state index is 0.149. The first kappa shape index (κ1) is 21.0. The lowest BCUT2D eigenvalue weighted by molar-refractivity contribution is -0.137. The molecule has 8 heteroatoms. The molecular formula is C23H18F3N3OS. The summed E-state index contributed by atoms with van der Waals surface area (Å²) in [7, 11) is 0. The third kappa shape index (κ3) is 4.44. The number of aryl methyl sites for hydroxylation is 2. The predicted octanol–water partition coefficient (Wildman–Crippen LogP) is 6.17. The molecule has 2 heterocycles. The third-order valence-corrected chi connectivity index (χ3v) is 5.83. The van der Waals surface area contributed by atoms with Crippen molar-refractivity contribution in [3.05, 3.63) is 88.7 Å². The molecule has 0 aliphatic rings. The zero-order valence-electron chi connectivity index (χ0n) is 16.8. The van der Waals surface area contributed by atoms with Crippen molar-refractivity contribution in [2.45, 2.75) is 26.6 Å².